The Labute approximate surface area is 143 Å². The number of hydrogen-bond donors (Lipinski definition) is 2. The molecule has 1 atom stereocenters. The molecule has 1 unspecified atom stereocenters. The third-order valence-corrected chi connectivity index (χ3v) is 4.34. The fourth-order valence-corrected chi connectivity index (χ4v) is 2.85. The molecular formula is C17H14Cl2O4. The van der Waals surface area contributed by atoms with Crippen molar-refractivity contribution in [3.63, 3.8) is 0 Å². The maximum Gasteiger partial charge on any atom is 0.336 e. The van der Waals surface area contributed by atoms with Gasteiger partial charge in [-0.25, -0.2) is 9.59 Å². The fourth-order valence-electron chi connectivity index (χ4n) is 2.53. The highest BCUT2D eigenvalue weighted by atomic mass is 35.5. The van der Waals surface area contributed by atoms with E-state index in [2.05, 4.69) is 0 Å². The summed E-state index contributed by atoms with van der Waals surface area (Å²) in [4.78, 5) is 22.7. The quantitative estimate of drug-likeness (QED) is 0.814. The lowest BCUT2D eigenvalue weighted by Crippen LogP contribution is -2.14. The Morgan fingerprint density at radius 2 is 1.74 bits per heavy atom. The number of carbonyl (C=O) groups is 2. The van der Waals surface area contributed by atoms with Crippen molar-refractivity contribution >= 4 is 35.1 Å². The van der Waals surface area contributed by atoms with Gasteiger partial charge in [-0.15, -0.1) is 0 Å². The predicted molar refractivity (Wildman–Crippen MR) is 88.9 cm³/mol. The molecule has 0 saturated carbocycles. The van der Waals surface area contributed by atoms with Crippen LogP contribution in [0.4, 0.5) is 0 Å². The normalized spacial score (nSPS) is 12.0. The third kappa shape index (κ3) is 3.84. The summed E-state index contributed by atoms with van der Waals surface area (Å²) in [6.07, 6.45) is 0.514. The van der Waals surface area contributed by atoms with Crippen LogP contribution in [-0.2, 0) is 6.42 Å². The second-order valence-corrected chi connectivity index (χ2v) is 6.05. The van der Waals surface area contributed by atoms with Gasteiger partial charge in [0.2, 0.25) is 0 Å². The molecule has 0 aliphatic carbocycles. The van der Waals surface area contributed by atoms with Crippen LogP contribution in [0.5, 0.6) is 0 Å². The van der Waals surface area contributed by atoms with Crippen LogP contribution >= 0.6 is 23.2 Å². The Morgan fingerprint density at radius 3 is 2.30 bits per heavy atom. The Balaban J connectivity index is 2.40. The van der Waals surface area contributed by atoms with Gasteiger partial charge in [0.25, 0.3) is 0 Å². The zero-order valence-corrected chi connectivity index (χ0v) is 13.7. The summed E-state index contributed by atoms with van der Waals surface area (Å²) in [5.74, 6) is -2.71. The van der Waals surface area contributed by atoms with E-state index >= 15 is 0 Å². The molecule has 4 nitrogen and oxygen atoms in total. The average Bonchev–Trinajstić information content (AvgIpc) is 2.50. The first-order valence-corrected chi connectivity index (χ1v) is 7.60. The van der Waals surface area contributed by atoms with Crippen LogP contribution in [0, 0.1) is 0 Å². The Hall–Kier alpha value is -2.04. The lowest BCUT2D eigenvalue weighted by atomic mass is 9.88. The molecular weight excluding hydrogens is 339 g/mol. The van der Waals surface area contributed by atoms with Crippen LogP contribution in [0.2, 0.25) is 10.0 Å². The minimum absolute atomic E-state index is 0.174. The number of halogens is 2. The lowest BCUT2D eigenvalue weighted by molar-refractivity contribution is 0.0650. The SMILES string of the molecule is CC(Cc1ccc(Cl)c(Cl)c1)c1cccc(C(=O)O)c1C(=O)O. The van der Waals surface area contributed by atoms with Gasteiger partial charge in [-0.1, -0.05) is 48.3 Å². The van der Waals surface area contributed by atoms with E-state index in [9.17, 15) is 19.8 Å². The maximum atomic E-state index is 11.5. The average molecular weight is 353 g/mol. The van der Waals surface area contributed by atoms with Gasteiger partial charge in [-0.2, -0.15) is 0 Å². The smallest absolute Gasteiger partial charge is 0.336 e. The lowest BCUT2D eigenvalue weighted by Gasteiger charge is -2.16. The third-order valence-electron chi connectivity index (χ3n) is 3.60. The molecule has 0 aliphatic heterocycles. The Morgan fingerprint density at radius 1 is 1.04 bits per heavy atom. The van der Waals surface area contributed by atoms with Crippen molar-refractivity contribution in [3.8, 4) is 0 Å². The molecule has 2 N–H and O–H groups in total. The van der Waals surface area contributed by atoms with Crippen LogP contribution < -0.4 is 0 Å². The minimum atomic E-state index is -1.26. The van der Waals surface area contributed by atoms with Gasteiger partial charge in [0, 0.05) is 0 Å². The van der Waals surface area contributed by atoms with E-state index in [1.807, 2.05) is 13.0 Å². The second kappa shape index (κ2) is 7.02. The molecule has 2 aromatic carbocycles. The summed E-state index contributed by atoms with van der Waals surface area (Å²) in [6.45, 7) is 1.84. The van der Waals surface area contributed by atoms with Crippen LogP contribution in [0.1, 0.15) is 44.7 Å². The number of carboxylic acid groups (broad SMARTS) is 2. The van der Waals surface area contributed by atoms with Crippen molar-refractivity contribution in [2.45, 2.75) is 19.3 Å². The molecule has 0 spiro atoms. The van der Waals surface area contributed by atoms with Crippen molar-refractivity contribution in [2.75, 3.05) is 0 Å². The highest BCUT2D eigenvalue weighted by Crippen LogP contribution is 2.29. The summed E-state index contributed by atoms with van der Waals surface area (Å²) in [6, 6.07) is 9.70. The fraction of sp³-hybridized carbons (Fsp3) is 0.176. The topological polar surface area (TPSA) is 74.6 Å². The molecule has 2 aromatic rings. The van der Waals surface area contributed by atoms with E-state index < -0.39 is 11.9 Å². The monoisotopic (exact) mass is 352 g/mol. The summed E-state index contributed by atoms with van der Waals surface area (Å²) in [5.41, 5.74) is 0.982. The molecule has 0 heterocycles. The highest BCUT2D eigenvalue weighted by Gasteiger charge is 2.23. The molecule has 23 heavy (non-hydrogen) atoms. The molecule has 0 aromatic heterocycles. The summed E-state index contributed by atoms with van der Waals surface area (Å²) in [5, 5.41) is 19.4. The van der Waals surface area contributed by atoms with E-state index in [4.69, 9.17) is 23.2 Å². The zero-order valence-electron chi connectivity index (χ0n) is 12.2. The van der Waals surface area contributed by atoms with Crippen molar-refractivity contribution in [3.05, 3.63) is 68.7 Å². The molecule has 6 heteroatoms. The van der Waals surface area contributed by atoms with Gasteiger partial charge in [0.15, 0.2) is 0 Å². The molecule has 120 valence electrons. The first-order chi connectivity index (χ1) is 10.8. The van der Waals surface area contributed by atoms with E-state index in [0.29, 0.717) is 22.0 Å². The first-order valence-electron chi connectivity index (χ1n) is 6.84. The predicted octanol–water partition coefficient (Wildman–Crippen LogP) is 4.74. The highest BCUT2D eigenvalue weighted by molar-refractivity contribution is 6.42. The zero-order chi connectivity index (χ0) is 17.1. The minimum Gasteiger partial charge on any atom is -0.478 e. The van der Waals surface area contributed by atoms with Crippen molar-refractivity contribution in [2.24, 2.45) is 0 Å². The van der Waals surface area contributed by atoms with Crippen molar-refractivity contribution < 1.29 is 19.8 Å². The molecule has 2 rings (SSSR count). The van der Waals surface area contributed by atoms with E-state index in [1.165, 1.54) is 6.07 Å². The molecule has 0 saturated heterocycles. The molecule has 0 radical (unpaired) electrons. The maximum absolute atomic E-state index is 11.5. The Kier molecular flexibility index (Phi) is 5.29. The van der Waals surface area contributed by atoms with Gasteiger partial charge in [-0.3, -0.25) is 0 Å². The molecule has 0 fully saturated rings. The summed E-state index contributed by atoms with van der Waals surface area (Å²) in [7, 11) is 0. The van der Waals surface area contributed by atoms with Crippen molar-refractivity contribution in [1.82, 2.24) is 0 Å². The second-order valence-electron chi connectivity index (χ2n) is 5.23. The van der Waals surface area contributed by atoms with Gasteiger partial charge in [0.1, 0.15) is 0 Å². The van der Waals surface area contributed by atoms with E-state index in [-0.39, 0.29) is 17.0 Å². The van der Waals surface area contributed by atoms with Gasteiger partial charge >= 0.3 is 11.9 Å². The first kappa shape index (κ1) is 17.3. The van der Waals surface area contributed by atoms with Crippen LogP contribution in [0.3, 0.4) is 0 Å². The number of benzene rings is 2. The molecule has 0 amide bonds. The summed E-state index contributed by atoms with van der Waals surface area (Å²) >= 11 is 11.9. The summed E-state index contributed by atoms with van der Waals surface area (Å²) < 4.78 is 0. The van der Waals surface area contributed by atoms with Crippen LogP contribution in [0.25, 0.3) is 0 Å². The number of carboxylic acids is 2. The molecule has 0 aliphatic rings. The van der Waals surface area contributed by atoms with Crippen LogP contribution in [-0.4, -0.2) is 22.2 Å². The molecule has 0 bridgehead atoms. The largest absolute Gasteiger partial charge is 0.478 e. The van der Waals surface area contributed by atoms with E-state index in [0.717, 1.165) is 5.56 Å². The van der Waals surface area contributed by atoms with E-state index in [1.54, 1.807) is 24.3 Å². The number of rotatable bonds is 5. The van der Waals surface area contributed by atoms with Crippen molar-refractivity contribution in [1.29, 1.82) is 0 Å². The number of hydrogen-bond acceptors (Lipinski definition) is 2. The van der Waals surface area contributed by atoms with Gasteiger partial charge in [0.05, 0.1) is 21.2 Å². The Bertz CT molecular complexity index is 771. The van der Waals surface area contributed by atoms with Crippen LogP contribution in [0.15, 0.2) is 36.4 Å². The number of aromatic carboxylic acids is 2. The standard InChI is InChI=1S/C17H14Cl2O4/c1-9(7-10-5-6-13(18)14(19)8-10)11-3-2-4-12(16(20)21)15(11)17(22)23/h2-6,8-9H,7H2,1H3,(H,20,21)(H,22,23). The van der Waals surface area contributed by atoms with Gasteiger partial charge in [-0.05, 0) is 41.7 Å². The van der Waals surface area contributed by atoms with Gasteiger partial charge < -0.3 is 10.2 Å².